The molecule has 1 amide bonds. The molecule has 1 aromatic carbocycles. The first-order chi connectivity index (χ1) is 10.5. The molecule has 0 unspecified atom stereocenters. The van der Waals surface area contributed by atoms with Crippen LogP contribution in [0.15, 0.2) is 29.6 Å². The Hall–Kier alpha value is -1.89. The number of aryl methyl sites for hydroxylation is 1. The van der Waals surface area contributed by atoms with Crippen LogP contribution in [0, 0.1) is 17.0 Å². The third-order valence-corrected chi connectivity index (χ3v) is 4.54. The van der Waals surface area contributed by atoms with Gasteiger partial charge in [0.1, 0.15) is 5.83 Å². The summed E-state index contributed by atoms with van der Waals surface area (Å²) in [6.07, 6.45) is 1.42. The number of nitro groups is 1. The van der Waals surface area contributed by atoms with E-state index in [1.54, 1.807) is 18.7 Å². The summed E-state index contributed by atoms with van der Waals surface area (Å²) in [4.78, 5) is 22.3. The summed E-state index contributed by atoms with van der Waals surface area (Å²) in [5, 5.41) is 13.4. The van der Waals surface area contributed by atoms with Crippen LogP contribution in [0.3, 0.4) is 0 Å². The number of nitro benzene ring substituents is 1. The molecule has 22 heavy (non-hydrogen) atoms. The highest BCUT2D eigenvalue weighted by atomic mass is 32.2. The normalized spacial score (nSPS) is 14.5. The fraction of sp³-hybridized carbons (Fsp3) is 0.400. The molecule has 5 nitrogen and oxygen atoms in total. The molecule has 0 spiro atoms. The molecule has 0 bridgehead atoms. The minimum absolute atomic E-state index is 0.115. The number of carbonyl (C=O) groups is 1. The van der Waals surface area contributed by atoms with Crippen molar-refractivity contribution in [3.05, 3.63) is 50.8 Å². The van der Waals surface area contributed by atoms with Crippen LogP contribution < -0.4 is 5.32 Å². The predicted octanol–water partition coefficient (Wildman–Crippen LogP) is 3.38. The van der Waals surface area contributed by atoms with Crippen molar-refractivity contribution in [1.29, 1.82) is 0 Å². The summed E-state index contributed by atoms with van der Waals surface area (Å²) in [6.45, 7) is 1.44. The Kier molecular flexibility index (Phi) is 5.54. The SMILES string of the molecule is Cc1ccc(C(=O)NCC(F)=C2CCSCC2)cc1[N+](=O)[O-]. The highest BCUT2D eigenvalue weighted by Gasteiger charge is 2.16. The minimum Gasteiger partial charge on any atom is -0.346 e. The van der Waals surface area contributed by atoms with E-state index in [-0.39, 0.29) is 23.6 Å². The quantitative estimate of drug-likeness (QED) is 0.681. The Morgan fingerprint density at radius 3 is 2.73 bits per heavy atom. The maximum absolute atomic E-state index is 14.0. The molecule has 1 aromatic rings. The molecule has 0 atom stereocenters. The molecule has 1 aliphatic rings. The van der Waals surface area contributed by atoms with E-state index in [1.807, 2.05) is 0 Å². The molecule has 1 saturated heterocycles. The van der Waals surface area contributed by atoms with Crippen LogP contribution in [0.2, 0.25) is 0 Å². The lowest BCUT2D eigenvalue weighted by molar-refractivity contribution is -0.385. The van der Waals surface area contributed by atoms with Gasteiger partial charge in [-0.1, -0.05) is 6.07 Å². The van der Waals surface area contributed by atoms with Crippen molar-refractivity contribution in [1.82, 2.24) is 5.32 Å². The standard InChI is InChI=1S/C15H17FN2O3S/c1-10-2-3-12(8-14(10)18(20)21)15(19)17-9-13(16)11-4-6-22-7-5-11/h2-3,8H,4-7,9H2,1H3,(H,17,19). The topological polar surface area (TPSA) is 72.2 Å². The molecule has 0 aliphatic carbocycles. The van der Waals surface area contributed by atoms with Crippen LogP contribution in [0.4, 0.5) is 10.1 Å². The van der Waals surface area contributed by atoms with Crippen molar-refractivity contribution in [3.8, 4) is 0 Å². The van der Waals surface area contributed by atoms with Gasteiger partial charge in [-0.3, -0.25) is 14.9 Å². The average molecular weight is 324 g/mol. The number of benzene rings is 1. The van der Waals surface area contributed by atoms with E-state index in [4.69, 9.17) is 0 Å². The number of nitrogens with zero attached hydrogens (tertiary/aromatic N) is 1. The number of rotatable bonds is 4. The number of hydrogen-bond donors (Lipinski definition) is 1. The molecule has 1 fully saturated rings. The van der Waals surface area contributed by atoms with Gasteiger partial charge in [0.05, 0.1) is 11.5 Å². The van der Waals surface area contributed by atoms with Gasteiger partial charge in [0.2, 0.25) is 0 Å². The van der Waals surface area contributed by atoms with E-state index < -0.39 is 10.8 Å². The van der Waals surface area contributed by atoms with Crippen LogP contribution >= 0.6 is 11.8 Å². The van der Waals surface area contributed by atoms with E-state index >= 15 is 0 Å². The van der Waals surface area contributed by atoms with E-state index in [9.17, 15) is 19.3 Å². The fourth-order valence-electron chi connectivity index (χ4n) is 2.22. The number of thioether (sulfide) groups is 1. The van der Waals surface area contributed by atoms with Gasteiger partial charge < -0.3 is 5.32 Å². The highest BCUT2D eigenvalue weighted by Crippen LogP contribution is 2.25. The lowest BCUT2D eigenvalue weighted by Gasteiger charge is -2.15. The van der Waals surface area contributed by atoms with Crippen molar-refractivity contribution in [2.75, 3.05) is 18.1 Å². The predicted molar refractivity (Wildman–Crippen MR) is 84.9 cm³/mol. The van der Waals surface area contributed by atoms with Crippen LogP contribution in [-0.2, 0) is 0 Å². The number of halogens is 1. The highest BCUT2D eigenvalue weighted by molar-refractivity contribution is 7.99. The number of hydrogen-bond acceptors (Lipinski definition) is 4. The van der Waals surface area contributed by atoms with Gasteiger partial charge in [-0.05, 0) is 42.9 Å². The molecule has 0 saturated carbocycles. The maximum Gasteiger partial charge on any atom is 0.273 e. The molecular formula is C15H17FN2O3S. The van der Waals surface area contributed by atoms with Crippen LogP contribution in [-0.4, -0.2) is 28.9 Å². The van der Waals surface area contributed by atoms with E-state index in [0.29, 0.717) is 18.4 Å². The summed E-state index contributed by atoms with van der Waals surface area (Å²) in [5.41, 5.74) is 1.29. The zero-order valence-corrected chi connectivity index (χ0v) is 13.0. The average Bonchev–Trinajstić information content (AvgIpc) is 2.53. The summed E-state index contributed by atoms with van der Waals surface area (Å²) in [5.74, 6) is 1.00. The minimum atomic E-state index is -0.533. The molecule has 1 aliphatic heterocycles. The van der Waals surface area contributed by atoms with Crippen LogP contribution in [0.5, 0.6) is 0 Å². The Labute approximate surface area is 132 Å². The largest absolute Gasteiger partial charge is 0.346 e. The monoisotopic (exact) mass is 324 g/mol. The van der Waals surface area contributed by atoms with Crippen molar-refractivity contribution < 1.29 is 14.1 Å². The summed E-state index contributed by atoms with van der Waals surface area (Å²) < 4.78 is 14.0. The first kappa shape index (κ1) is 16.5. The second-order valence-electron chi connectivity index (χ2n) is 5.06. The Morgan fingerprint density at radius 1 is 1.41 bits per heavy atom. The third kappa shape index (κ3) is 4.07. The molecule has 1 heterocycles. The Morgan fingerprint density at radius 2 is 2.09 bits per heavy atom. The molecule has 0 radical (unpaired) electrons. The van der Waals surface area contributed by atoms with Gasteiger partial charge in [-0.15, -0.1) is 0 Å². The second-order valence-corrected chi connectivity index (χ2v) is 6.29. The van der Waals surface area contributed by atoms with Crippen molar-refractivity contribution >= 4 is 23.4 Å². The molecule has 2 rings (SSSR count). The van der Waals surface area contributed by atoms with Crippen LogP contribution in [0.25, 0.3) is 0 Å². The Balaban J connectivity index is 2.03. The summed E-state index contributed by atoms with van der Waals surface area (Å²) >= 11 is 1.79. The first-order valence-electron chi connectivity index (χ1n) is 6.96. The van der Waals surface area contributed by atoms with Gasteiger partial charge in [-0.25, -0.2) is 4.39 Å². The van der Waals surface area contributed by atoms with Crippen molar-refractivity contribution in [2.24, 2.45) is 0 Å². The lowest BCUT2D eigenvalue weighted by Crippen LogP contribution is -2.25. The number of allylic oxidation sites excluding steroid dienone is 1. The molecule has 118 valence electrons. The third-order valence-electron chi connectivity index (χ3n) is 3.55. The van der Waals surface area contributed by atoms with Gasteiger partial charge in [0.15, 0.2) is 0 Å². The van der Waals surface area contributed by atoms with E-state index in [2.05, 4.69) is 5.32 Å². The fourth-order valence-corrected chi connectivity index (χ4v) is 3.21. The zero-order valence-electron chi connectivity index (χ0n) is 12.2. The molecular weight excluding hydrogens is 307 g/mol. The number of amides is 1. The lowest BCUT2D eigenvalue weighted by atomic mass is 10.1. The second kappa shape index (κ2) is 7.40. The maximum atomic E-state index is 14.0. The first-order valence-corrected chi connectivity index (χ1v) is 8.12. The smallest absolute Gasteiger partial charge is 0.273 e. The zero-order chi connectivity index (χ0) is 16.1. The van der Waals surface area contributed by atoms with Crippen molar-refractivity contribution in [2.45, 2.75) is 19.8 Å². The Bertz CT molecular complexity index is 623. The van der Waals surface area contributed by atoms with Crippen LogP contribution in [0.1, 0.15) is 28.8 Å². The molecule has 1 N–H and O–H groups in total. The van der Waals surface area contributed by atoms with Gasteiger partial charge >= 0.3 is 0 Å². The summed E-state index contributed by atoms with van der Waals surface area (Å²) in [7, 11) is 0. The van der Waals surface area contributed by atoms with Gasteiger partial charge in [0, 0.05) is 17.2 Å². The van der Waals surface area contributed by atoms with Gasteiger partial charge in [-0.2, -0.15) is 11.8 Å². The van der Waals surface area contributed by atoms with E-state index in [0.717, 1.165) is 17.1 Å². The molecule has 0 aromatic heterocycles. The summed E-state index contributed by atoms with van der Waals surface area (Å²) in [6, 6.07) is 4.23. The van der Waals surface area contributed by atoms with E-state index in [1.165, 1.54) is 18.2 Å². The number of carbonyl (C=O) groups excluding carboxylic acids is 1. The molecule has 7 heteroatoms. The van der Waals surface area contributed by atoms with Gasteiger partial charge in [0.25, 0.3) is 11.6 Å². The number of nitrogens with one attached hydrogen (secondary N) is 1. The van der Waals surface area contributed by atoms with Crippen molar-refractivity contribution in [3.63, 3.8) is 0 Å².